The average Bonchev–Trinajstić information content (AvgIpc) is 3.42. The fourth-order valence-electron chi connectivity index (χ4n) is 4.16. The van der Waals surface area contributed by atoms with E-state index in [0.717, 1.165) is 30.0 Å². The van der Waals surface area contributed by atoms with Crippen molar-refractivity contribution in [2.75, 3.05) is 6.54 Å². The molecule has 10 nitrogen and oxygen atoms in total. The molecule has 35 heavy (non-hydrogen) atoms. The number of aromatic amines is 1. The molecule has 3 heterocycles. The van der Waals surface area contributed by atoms with Gasteiger partial charge in [-0.05, 0) is 42.4 Å². The number of oxazole rings is 1. The van der Waals surface area contributed by atoms with Gasteiger partial charge in [0.05, 0.1) is 11.7 Å². The summed E-state index contributed by atoms with van der Waals surface area (Å²) in [4.78, 5) is 43.8. The number of halogens is 1. The molecule has 5 rings (SSSR count). The van der Waals surface area contributed by atoms with Crippen LogP contribution >= 0.6 is 0 Å². The summed E-state index contributed by atoms with van der Waals surface area (Å²) in [7, 11) is 0. The van der Waals surface area contributed by atoms with Gasteiger partial charge in [0.15, 0.2) is 17.0 Å². The number of nitrogens with one attached hydrogen (secondary N) is 3. The van der Waals surface area contributed by atoms with Crippen molar-refractivity contribution in [1.29, 1.82) is 0 Å². The summed E-state index contributed by atoms with van der Waals surface area (Å²) in [6.45, 7) is 2.65. The van der Waals surface area contributed by atoms with E-state index in [0.29, 0.717) is 23.2 Å². The van der Waals surface area contributed by atoms with Crippen LogP contribution in [0.4, 0.5) is 4.39 Å². The normalized spacial score (nSPS) is 17.7. The zero-order valence-corrected chi connectivity index (χ0v) is 18.9. The third-order valence-electron chi connectivity index (χ3n) is 6.20. The van der Waals surface area contributed by atoms with Crippen LogP contribution < -0.4 is 16.4 Å². The number of carbonyl (C=O) groups excluding carboxylic acids is 2. The van der Waals surface area contributed by atoms with Gasteiger partial charge in [-0.2, -0.15) is 5.10 Å². The first-order valence-corrected chi connectivity index (χ1v) is 11.2. The van der Waals surface area contributed by atoms with E-state index in [9.17, 15) is 18.8 Å². The number of fused-ring (bicyclic) bond motifs is 2. The molecule has 0 aliphatic heterocycles. The molecule has 11 heteroatoms. The van der Waals surface area contributed by atoms with E-state index in [4.69, 9.17) is 4.42 Å². The van der Waals surface area contributed by atoms with Crippen LogP contribution in [-0.2, 0) is 6.54 Å². The van der Waals surface area contributed by atoms with E-state index >= 15 is 0 Å². The molecule has 1 aliphatic carbocycles. The van der Waals surface area contributed by atoms with E-state index in [1.807, 2.05) is 0 Å². The third-order valence-corrected chi connectivity index (χ3v) is 6.20. The second kappa shape index (κ2) is 8.82. The summed E-state index contributed by atoms with van der Waals surface area (Å²) < 4.78 is 20.4. The molecule has 3 aromatic heterocycles. The highest BCUT2D eigenvalue weighted by atomic mass is 19.1. The van der Waals surface area contributed by atoms with Gasteiger partial charge >= 0.3 is 5.76 Å². The van der Waals surface area contributed by atoms with Crippen LogP contribution in [0, 0.1) is 11.2 Å². The first-order valence-electron chi connectivity index (χ1n) is 11.2. The van der Waals surface area contributed by atoms with E-state index in [2.05, 4.69) is 44.8 Å². The van der Waals surface area contributed by atoms with Gasteiger partial charge in [-0.25, -0.2) is 18.7 Å². The topological polar surface area (TPSA) is 134 Å². The Balaban J connectivity index is 1.35. The highest BCUT2D eigenvalue weighted by molar-refractivity contribution is 5.98. The van der Waals surface area contributed by atoms with Crippen molar-refractivity contribution in [2.24, 2.45) is 5.41 Å². The molecule has 1 unspecified atom stereocenters. The van der Waals surface area contributed by atoms with Gasteiger partial charge < -0.3 is 15.1 Å². The Labute approximate surface area is 198 Å². The molecular formula is C24H23FN6O4. The average molecular weight is 478 g/mol. The Hall–Kier alpha value is -4.28. The highest BCUT2D eigenvalue weighted by Crippen LogP contribution is 2.31. The molecule has 1 aliphatic rings. The molecule has 4 aromatic rings. The Kier molecular flexibility index (Phi) is 5.67. The largest absolute Gasteiger partial charge is 0.417 e. The summed E-state index contributed by atoms with van der Waals surface area (Å²) in [5.41, 5.74) is 1.21. The number of hydrogen-bond donors (Lipinski definition) is 3. The lowest BCUT2D eigenvalue weighted by Crippen LogP contribution is -2.37. The second-order valence-corrected chi connectivity index (χ2v) is 8.99. The number of carbonyl (C=O) groups is 2. The van der Waals surface area contributed by atoms with Crippen molar-refractivity contribution in [3.8, 4) is 0 Å². The maximum Gasteiger partial charge on any atom is 0.417 e. The maximum atomic E-state index is 14.3. The predicted molar refractivity (Wildman–Crippen MR) is 124 cm³/mol. The number of amides is 2. The smallest absolute Gasteiger partial charge is 0.408 e. The van der Waals surface area contributed by atoms with Crippen molar-refractivity contribution < 1.29 is 18.4 Å². The lowest BCUT2D eigenvalue weighted by molar-refractivity contribution is 0.0922. The summed E-state index contributed by atoms with van der Waals surface area (Å²) >= 11 is 0. The van der Waals surface area contributed by atoms with Crippen molar-refractivity contribution >= 4 is 28.6 Å². The van der Waals surface area contributed by atoms with Crippen molar-refractivity contribution in [3.05, 3.63) is 75.9 Å². The van der Waals surface area contributed by atoms with Crippen molar-refractivity contribution in [3.63, 3.8) is 0 Å². The fraction of sp³-hybridized carbons (Fsp3) is 0.292. The van der Waals surface area contributed by atoms with E-state index in [-0.39, 0.29) is 29.0 Å². The van der Waals surface area contributed by atoms with E-state index in [1.54, 1.807) is 18.2 Å². The van der Waals surface area contributed by atoms with Gasteiger partial charge in [0.25, 0.3) is 11.8 Å². The van der Waals surface area contributed by atoms with Gasteiger partial charge in [-0.1, -0.05) is 25.1 Å². The highest BCUT2D eigenvalue weighted by Gasteiger charge is 2.26. The number of allylic oxidation sites excluding steroid dienone is 2. The monoisotopic (exact) mass is 478 g/mol. The maximum absolute atomic E-state index is 14.3. The standard InChI is InChI=1S/C24H23FN6O4/c1-24(7-3-2-4-8-24)13-27-22(33)18-10-17(29-20-15(25)12-28-31(18)20)21(32)26-11-14-5-6-19-16(9-14)30-23(34)35-19/h2-3,5-6,9-10,12H,4,7-8,11,13H2,1H3,(H,26,32)(H,27,33)(H,30,34). The number of hydrogen-bond acceptors (Lipinski definition) is 6. The number of nitrogens with zero attached hydrogens (tertiary/aromatic N) is 3. The van der Waals surface area contributed by atoms with Crippen LogP contribution in [0.2, 0.25) is 0 Å². The molecule has 0 radical (unpaired) electrons. The van der Waals surface area contributed by atoms with Crippen LogP contribution in [0.25, 0.3) is 16.7 Å². The van der Waals surface area contributed by atoms with Gasteiger partial charge in [0.2, 0.25) is 0 Å². The van der Waals surface area contributed by atoms with Crippen LogP contribution in [0.3, 0.4) is 0 Å². The van der Waals surface area contributed by atoms with Crippen LogP contribution in [0.15, 0.2) is 51.8 Å². The molecule has 0 saturated heterocycles. The number of H-pyrrole nitrogens is 1. The second-order valence-electron chi connectivity index (χ2n) is 8.99. The molecular weight excluding hydrogens is 455 g/mol. The predicted octanol–water partition coefficient (Wildman–Crippen LogP) is 2.71. The first kappa shape index (κ1) is 22.5. The minimum absolute atomic E-state index is 0.0105. The van der Waals surface area contributed by atoms with Crippen molar-refractivity contribution in [2.45, 2.75) is 32.7 Å². The quantitative estimate of drug-likeness (QED) is 0.365. The SMILES string of the molecule is CC1(CNC(=O)c2cc(C(=O)NCc3ccc4oc(=O)[nH]c4c3)nc3c(F)cnn23)CC=CCC1. The van der Waals surface area contributed by atoms with Gasteiger partial charge in [0.1, 0.15) is 11.4 Å². The molecule has 3 N–H and O–H groups in total. The zero-order chi connectivity index (χ0) is 24.6. The minimum Gasteiger partial charge on any atom is -0.408 e. The van der Waals surface area contributed by atoms with Gasteiger partial charge in [0, 0.05) is 19.2 Å². The van der Waals surface area contributed by atoms with E-state index in [1.165, 1.54) is 6.07 Å². The lowest BCUT2D eigenvalue weighted by atomic mass is 9.79. The molecule has 0 spiro atoms. The van der Waals surface area contributed by atoms with Crippen LogP contribution in [-0.4, -0.2) is 37.9 Å². The summed E-state index contributed by atoms with van der Waals surface area (Å²) in [5.74, 6) is -2.37. The Bertz CT molecular complexity index is 1530. The van der Waals surface area contributed by atoms with Crippen molar-refractivity contribution in [1.82, 2.24) is 30.2 Å². The summed E-state index contributed by atoms with van der Waals surface area (Å²) in [5, 5.41) is 9.52. The molecule has 0 saturated carbocycles. The third kappa shape index (κ3) is 4.57. The Morgan fingerprint density at radius 1 is 1.23 bits per heavy atom. The molecule has 0 bridgehead atoms. The zero-order valence-electron chi connectivity index (χ0n) is 18.9. The molecule has 1 atom stereocenters. The Morgan fingerprint density at radius 2 is 2.09 bits per heavy atom. The molecule has 1 aromatic carbocycles. The van der Waals surface area contributed by atoms with Crippen LogP contribution in [0.1, 0.15) is 52.7 Å². The number of rotatable bonds is 6. The lowest BCUT2D eigenvalue weighted by Gasteiger charge is -2.30. The first-order chi connectivity index (χ1) is 16.8. The van der Waals surface area contributed by atoms with Gasteiger partial charge in [-0.3, -0.25) is 14.6 Å². The van der Waals surface area contributed by atoms with Gasteiger partial charge in [-0.15, -0.1) is 0 Å². The summed E-state index contributed by atoms with van der Waals surface area (Å²) in [6, 6.07) is 6.29. The molecule has 0 fully saturated rings. The fourth-order valence-corrected chi connectivity index (χ4v) is 4.16. The number of aromatic nitrogens is 4. The van der Waals surface area contributed by atoms with Crippen LogP contribution in [0.5, 0.6) is 0 Å². The molecule has 2 amide bonds. The summed E-state index contributed by atoms with van der Waals surface area (Å²) in [6.07, 6.45) is 7.92. The Morgan fingerprint density at radius 3 is 2.89 bits per heavy atom. The minimum atomic E-state index is -0.743. The molecule has 180 valence electrons. The number of benzene rings is 1. The van der Waals surface area contributed by atoms with E-state index < -0.39 is 23.4 Å².